The number of likely N-dealkylation sites (N-methyl/N-ethyl adjacent to an activating group) is 1. The number of unbranched alkanes of at least 4 members (excludes halogenated alkanes) is 1. The van der Waals surface area contributed by atoms with Crippen molar-refractivity contribution in [3.63, 3.8) is 0 Å². The van der Waals surface area contributed by atoms with Crippen LogP contribution in [0.5, 0.6) is 0 Å². The Bertz CT molecular complexity index is 342. The number of piperazine rings is 1. The Balaban J connectivity index is 2.02. The van der Waals surface area contributed by atoms with E-state index in [1.807, 2.05) is 0 Å². The molecule has 3 heteroatoms. The van der Waals surface area contributed by atoms with E-state index >= 15 is 0 Å². The van der Waals surface area contributed by atoms with Gasteiger partial charge in [0.2, 0.25) is 0 Å². The van der Waals surface area contributed by atoms with Gasteiger partial charge in [-0.1, -0.05) is 30.3 Å². The highest BCUT2D eigenvalue weighted by Gasteiger charge is 2.25. The first-order valence-corrected chi connectivity index (χ1v) is 7.53. The first kappa shape index (κ1) is 13.9. The van der Waals surface area contributed by atoms with E-state index in [0.717, 1.165) is 12.3 Å². The van der Waals surface area contributed by atoms with Gasteiger partial charge in [-0.15, -0.1) is 0 Å². The maximum atomic E-state index is 4.30. The molecule has 1 fully saturated rings. The molecule has 1 saturated heterocycles. The molecule has 1 atom stereocenters. The summed E-state index contributed by atoms with van der Waals surface area (Å²) < 4.78 is 0. The van der Waals surface area contributed by atoms with Crippen molar-refractivity contribution in [1.82, 2.24) is 9.80 Å². The summed E-state index contributed by atoms with van der Waals surface area (Å²) >= 11 is 4.30. The van der Waals surface area contributed by atoms with Crippen molar-refractivity contribution in [2.75, 3.05) is 39.0 Å². The van der Waals surface area contributed by atoms with Crippen LogP contribution >= 0.6 is 12.6 Å². The average Bonchev–Trinajstić information content (AvgIpc) is 2.41. The summed E-state index contributed by atoms with van der Waals surface area (Å²) in [5.74, 6) is 1.00. The van der Waals surface area contributed by atoms with Gasteiger partial charge in [0.1, 0.15) is 0 Å². The molecule has 100 valence electrons. The molecule has 0 saturated carbocycles. The summed E-state index contributed by atoms with van der Waals surface area (Å²) in [6.45, 7) is 4.71. The molecule has 1 heterocycles. The third-order valence-electron chi connectivity index (χ3n) is 3.73. The lowest BCUT2D eigenvalue weighted by atomic mass is 10.0. The fraction of sp³-hybridized carbons (Fsp3) is 0.600. The van der Waals surface area contributed by atoms with Crippen molar-refractivity contribution in [3.8, 4) is 0 Å². The van der Waals surface area contributed by atoms with Crippen LogP contribution in [0.15, 0.2) is 30.3 Å². The highest BCUT2D eigenvalue weighted by molar-refractivity contribution is 7.80. The summed E-state index contributed by atoms with van der Waals surface area (Å²) in [6, 6.07) is 11.5. The molecule has 0 aliphatic carbocycles. The Morgan fingerprint density at radius 1 is 1.17 bits per heavy atom. The molecule has 0 spiro atoms. The van der Waals surface area contributed by atoms with E-state index in [9.17, 15) is 0 Å². The summed E-state index contributed by atoms with van der Waals surface area (Å²) in [6.07, 6.45) is 2.48. The maximum Gasteiger partial charge on any atom is 0.0475 e. The van der Waals surface area contributed by atoms with Crippen LogP contribution in [0.3, 0.4) is 0 Å². The second kappa shape index (κ2) is 7.17. The molecule has 0 amide bonds. The minimum Gasteiger partial charge on any atom is -0.303 e. The second-order valence-electron chi connectivity index (χ2n) is 5.16. The van der Waals surface area contributed by atoms with E-state index in [1.165, 1.54) is 38.0 Å². The molecule has 1 aromatic carbocycles. The van der Waals surface area contributed by atoms with Crippen molar-refractivity contribution in [2.45, 2.75) is 18.9 Å². The lowest BCUT2D eigenvalue weighted by Crippen LogP contribution is -2.47. The Labute approximate surface area is 116 Å². The molecular formula is C15H24N2S. The first-order valence-electron chi connectivity index (χ1n) is 6.89. The molecule has 0 N–H and O–H groups in total. The molecule has 0 radical (unpaired) electrons. The number of nitrogens with zero attached hydrogens (tertiary/aromatic N) is 2. The average molecular weight is 264 g/mol. The van der Waals surface area contributed by atoms with Crippen LogP contribution in [0, 0.1) is 0 Å². The predicted molar refractivity (Wildman–Crippen MR) is 81.3 cm³/mol. The summed E-state index contributed by atoms with van der Waals surface area (Å²) in [5.41, 5.74) is 1.45. The van der Waals surface area contributed by atoms with Crippen LogP contribution in [-0.4, -0.2) is 48.8 Å². The molecule has 1 aliphatic rings. The van der Waals surface area contributed by atoms with E-state index in [1.54, 1.807) is 0 Å². The van der Waals surface area contributed by atoms with E-state index in [0.29, 0.717) is 6.04 Å². The standard InChI is InChI=1S/C15H24N2S/c1-16-10-11-17(9-5-6-12-18)15(13-16)14-7-3-2-4-8-14/h2-4,7-8,15,18H,5-6,9-13H2,1H3. The predicted octanol–water partition coefficient (Wildman–Crippen LogP) is 2.69. The third kappa shape index (κ3) is 3.74. The highest BCUT2D eigenvalue weighted by atomic mass is 32.1. The normalized spacial score (nSPS) is 22.2. The van der Waals surface area contributed by atoms with Crippen molar-refractivity contribution in [3.05, 3.63) is 35.9 Å². The zero-order chi connectivity index (χ0) is 12.8. The van der Waals surface area contributed by atoms with Gasteiger partial charge in [-0.05, 0) is 37.8 Å². The minimum atomic E-state index is 0.560. The fourth-order valence-electron chi connectivity index (χ4n) is 2.64. The van der Waals surface area contributed by atoms with E-state index in [4.69, 9.17) is 0 Å². The van der Waals surface area contributed by atoms with Crippen LogP contribution in [0.1, 0.15) is 24.4 Å². The van der Waals surface area contributed by atoms with Gasteiger partial charge in [0.15, 0.2) is 0 Å². The van der Waals surface area contributed by atoms with Crippen LogP contribution in [0.4, 0.5) is 0 Å². The van der Waals surface area contributed by atoms with Gasteiger partial charge in [-0.2, -0.15) is 12.6 Å². The quantitative estimate of drug-likeness (QED) is 0.645. The molecular weight excluding hydrogens is 240 g/mol. The molecule has 1 aromatic rings. The molecule has 1 aliphatic heterocycles. The fourth-order valence-corrected chi connectivity index (χ4v) is 2.87. The van der Waals surface area contributed by atoms with Crippen LogP contribution in [0.25, 0.3) is 0 Å². The molecule has 0 aromatic heterocycles. The Morgan fingerprint density at radius 3 is 2.67 bits per heavy atom. The van der Waals surface area contributed by atoms with Gasteiger partial charge >= 0.3 is 0 Å². The number of hydrogen-bond acceptors (Lipinski definition) is 3. The first-order chi connectivity index (χ1) is 8.81. The number of thiol groups is 1. The number of hydrogen-bond donors (Lipinski definition) is 1. The molecule has 1 unspecified atom stereocenters. The Morgan fingerprint density at radius 2 is 1.94 bits per heavy atom. The largest absolute Gasteiger partial charge is 0.303 e. The minimum absolute atomic E-state index is 0.560. The number of benzene rings is 1. The van der Waals surface area contributed by atoms with Crippen molar-refractivity contribution in [2.24, 2.45) is 0 Å². The Hall–Kier alpha value is -0.510. The summed E-state index contributed by atoms with van der Waals surface area (Å²) in [7, 11) is 2.22. The van der Waals surface area contributed by atoms with Crippen LogP contribution in [-0.2, 0) is 0 Å². The monoisotopic (exact) mass is 264 g/mol. The summed E-state index contributed by atoms with van der Waals surface area (Å²) in [5, 5.41) is 0. The van der Waals surface area contributed by atoms with Gasteiger partial charge in [0, 0.05) is 25.7 Å². The van der Waals surface area contributed by atoms with Gasteiger partial charge in [-0.3, -0.25) is 4.90 Å². The molecule has 2 rings (SSSR count). The van der Waals surface area contributed by atoms with Gasteiger partial charge in [0.05, 0.1) is 0 Å². The summed E-state index contributed by atoms with van der Waals surface area (Å²) in [4.78, 5) is 5.07. The SMILES string of the molecule is CN1CCN(CCCCS)C(c2ccccc2)C1. The van der Waals surface area contributed by atoms with Crippen molar-refractivity contribution >= 4 is 12.6 Å². The number of rotatable bonds is 5. The maximum absolute atomic E-state index is 4.30. The van der Waals surface area contributed by atoms with E-state index < -0.39 is 0 Å². The molecule has 2 nitrogen and oxygen atoms in total. The van der Waals surface area contributed by atoms with Crippen molar-refractivity contribution < 1.29 is 0 Å². The van der Waals surface area contributed by atoms with Gasteiger partial charge < -0.3 is 4.90 Å². The van der Waals surface area contributed by atoms with E-state index in [-0.39, 0.29) is 0 Å². The van der Waals surface area contributed by atoms with Gasteiger partial charge in [0.25, 0.3) is 0 Å². The lowest BCUT2D eigenvalue weighted by molar-refractivity contribution is 0.0887. The van der Waals surface area contributed by atoms with E-state index in [2.05, 4.69) is 59.8 Å². The Kier molecular flexibility index (Phi) is 5.54. The van der Waals surface area contributed by atoms with Crippen molar-refractivity contribution in [1.29, 1.82) is 0 Å². The zero-order valence-electron chi connectivity index (χ0n) is 11.3. The second-order valence-corrected chi connectivity index (χ2v) is 5.60. The smallest absolute Gasteiger partial charge is 0.0475 e. The van der Waals surface area contributed by atoms with Crippen LogP contribution in [0.2, 0.25) is 0 Å². The van der Waals surface area contributed by atoms with Gasteiger partial charge in [-0.25, -0.2) is 0 Å². The third-order valence-corrected chi connectivity index (χ3v) is 4.05. The molecule has 0 bridgehead atoms. The van der Waals surface area contributed by atoms with Crippen LogP contribution < -0.4 is 0 Å². The zero-order valence-corrected chi connectivity index (χ0v) is 12.1. The molecule has 18 heavy (non-hydrogen) atoms. The lowest BCUT2D eigenvalue weighted by Gasteiger charge is -2.40. The highest BCUT2D eigenvalue weighted by Crippen LogP contribution is 2.24. The topological polar surface area (TPSA) is 6.48 Å².